The Hall–Kier alpha value is -2.80. The van der Waals surface area contributed by atoms with Crippen LogP contribution in [-0.2, 0) is 21.2 Å². The molecule has 1 atom stereocenters. The lowest BCUT2D eigenvalue weighted by Crippen LogP contribution is -2.36. The molecule has 6 nitrogen and oxygen atoms in total. The first-order valence-corrected chi connectivity index (χ1v) is 11.8. The number of carbonyl (C=O) groups excluding carboxylic acids is 1. The van der Waals surface area contributed by atoms with Crippen LogP contribution in [0, 0.1) is 0 Å². The minimum atomic E-state index is -3.48. The van der Waals surface area contributed by atoms with E-state index in [0.717, 1.165) is 23.2 Å². The Morgan fingerprint density at radius 3 is 2.73 bits per heavy atom. The van der Waals surface area contributed by atoms with Gasteiger partial charge in [-0.05, 0) is 43.5 Å². The zero-order valence-electron chi connectivity index (χ0n) is 17.4. The van der Waals surface area contributed by atoms with Crippen molar-refractivity contribution in [3.05, 3.63) is 65.7 Å². The summed E-state index contributed by atoms with van der Waals surface area (Å²) in [5.41, 5.74) is 2.57. The Morgan fingerprint density at radius 2 is 1.93 bits per heavy atom. The Balaban J connectivity index is 1.54. The summed E-state index contributed by atoms with van der Waals surface area (Å²) in [5, 5.41) is 2.66. The number of sulfonamides is 1. The molecule has 1 aliphatic rings. The lowest BCUT2D eigenvalue weighted by atomic mass is 10.2. The summed E-state index contributed by atoms with van der Waals surface area (Å²) < 4.78 is 32.7. The summed E-state index contributed by atoms with van der Waals surface area (Å²) in [6, 6.07) is 15.0. The van der Waals surface area contributed by atoms with Gasteiger partial charge < -0.3 is 10.1 Å². The molecule has 1 heterocycles. The maximum absolute atomic E-state index is 12.7. The summed E-state index contributed by atoms with van der Waals surface area (Å²) in [6.07, 6.45) is 4.75. The highest BCUT2D eigenvalue weighted by Gasteiger charge is 2.28. The molecular formula is C23H28N2O4S. The first-order valence-electron chi connectivity index (χ1n) is 10.2. The second-order valence-electron chi connectivity index (χ2n) is 7.27. The van der Waals surface area contributed by atoms with E-state index in [0.29, 0.717) is 18.7 Å². The molecule has 0 aromatic heterocycles. The lowest BCUT2D eigenvalue weighted by Gasteiger charge is -2.19. The Bertz CT molecular complexity index is 1020. The standard InChI is InChI=1S/C23H28N2O4S/c1-3-18(2)29-22-11-7-5-9-20(22)12-13-23(26)24-15-17-30(27,28)25-16-14-19-8-4-6-10-21(19)25/h4-13,18H,3,14-17H2,1-2H3,(H,24,26)/b13-12+. The summed E-state index contributed by atoms with van der Waals surface area (Å²) >= 11 is 0. The molecule has 0 saturated heterocycles. The van der Waals surface area contributed by atoms with E-state index in [1.807, 2.05) is 62.4 Å². The molecule has 1 aliphatic heterocycles. The van der Waals surface area contributed by atoms with Gasteiger partial charge in [0.15, 0.2) is 0 Å². The first kappa shape index (κ1) is 21.9. The summed E-state index contributed by atoms with van der Waals surface area (Å²) in [7, 11) is -3.48. The van der Waals surface area contributed by atoms with Gasteiger partial charge in [-0.2, -0.15) is 0 Å². The van der Waals surface area contributed by atoms with E-state index in [1.165, 1.54) is 10.4 Å². The van der Waals surface area contributed by atoms with Gasteiger partial charge in [-0.15, -0.1) is 0 Å². The van der Waals surface area contributed by atoms with Gasteiger partial charge in [0.25, 0.3) is 0 Å². The van der Waals surface area contributed by atoms with Gasteiger partial charge in [0.1, 0.15) is 5.75 Å². The topological polar surface area (TPSA) is 75.7 Å². The van der Waals surface area contributed by atoms with E-state index < -0.39 is 10.0 Å². The van der Waals surface area contributed by atoms with Crippen molar-refractivity contribution < 1.29 is 17.9 Å². The van der Waals surface area contributed by atoms with E-state index in [9.17, 15) is 13.2 Å². The number of anilines is 1. The smallest absolute Gasteiger partial charge is 0.244 e. The second-order valence-corrected chi connectivity index (χ2v) is 9.28. The van der Waals surface area contributed by atoms with Gasteiger partial charge in [0.05, 0.1) is 17.5 Å². The van der Waals surface area contributed by atoms with E-state index in [4.69, 9.17) is 4.74 Å². The zero-order valence-corrected chi connectivity index (χ0v) is 18.2. The number of amides is 1. The third-order valence-electron chi connectivity index (χ3n) is 5.08. The predicted molar refractivity (Wildman–Crippen MR) is 120 cm³/mol. The number of nitrogens with one attached hydrogen (secondary N) is 1. The fraction of sp³-hybridized carbons (Fsp3) is 0.348. The maximum atomic E-state index is 12.7. The zero-order chi connectivity index (χ0) is 21.6. The Kier molecular flexibility index (Phi) is 7.15. The van der Waals surface area contributed by atoms with Crippen molar-refractivity contribution in [1.29, 1.82) is 0 Å². The molecule has 1 amide bonds. The highest BCUT2D eigenvalue weighted by molar-refractivity contribution is 7.92. The van der Waals surface area contributed by atoms with Gasteiger partial charge >= 0.3 is 0 Å². The van der Waals surface area contributed by atoms with Crippen LogP contribution in [0.5, 0.6) is 5.75 Å². The number of hydrogen-bond donors (Lipinski definition) is 1. The number of para-hydroxylation sites is 2. The molecule has 160 valence electrons. The van der Waals surface area contributed by atoms with Crippen LogP contribution in [0.2, 0.25) is 0 Å². The molecule has 7 heteroatoms. The van der Waals surface area contributed by atoms with E-state index in [-0.39, 0.29) is 24.3 Å². The minimum Gasteiger partial charge on any atom is -0.490 e. The van der Waals surface area contributed by atoms with Crippen molar-refractivity contribution in [3.8, 4) is 5.75 Å². The van der Waals surface area contributed by atoms with Crippen molar-refractivity contribution >= 4 is 27.7 Å². The quantitative estimate of drug-likeness (QED) is 0.621. The van der Waals surface area contributed by atoms with Gasteiger partial charge in [0, 0.05) is 24.7 Å². The fourth-order valence-electron chi connectivity index (χ4n) is 3.26. The van der Waals surface area contributed by atoms with Crippen molar-refractivity contribution in [3.63, 3.8) is 0 Å². The fourth-order valence-corrected chi connectivity index (χ4v) is 4.69. The molecule has 3 rings (SSSR count). The molecule has 0 spiro atoms. The third-order valence-corrected chi connectivity index (χ3v) is 6.85. The van der Waals surface area contributed by atoms with Crippen LogP contribution in [-0.4, -0.2) is 39.3 Å². The number of nitrogens with zero attached hydrogens (tertiary/aromatic N) is 1. The van der Waals surface area contributed by atoms with Crippen molar-refractivity contribution in [1.82, 2.24) is 5.32 Å². The Labute approximate surface area is 178 Å². The molecule has 0 fully saturated rings. The molecule has 0 bridgehead atoms. The summed E-state index contributed by atoms with van der Waals surface area (Å²) in [4.78, 5) is 12.2. The SMILES string of the molecule is CCC(C)Oc1ccccc1/C=C/C(=O)NCCS(=O)(=O)N1CCc2ccccc21. The molecule has 1 N–H and O–H groups in total. The van der Waals surface area contributed by atoms with Crippen LogP contribution in [0.15, 0.2) is 54.6 Å². The van der Waals surface area contributed by atoms with Gasteiger partial charge in [-0.1, -0.05) is 43.3 Å². The third kappa shape index (κ3) is 5.42. The normalized spacial score (nSPS) is 14.5. The lowest BCUT2D eigenvalue weighted by molar-refractivity contribution is -0.116. The number of rotatable bonds is 9. The van der Waals surface area contributed by atoms with E-state index in [2.05, 4.69) is 5.32 Å². The summed E-state index contributed by atoms with van der Waals surface area (Å²) in [6.45, 7) is 4.54. The number of carbonyl (C=O) groups is 1. The van der Waals surface area contributed by atoms with E-state index in [1.54, 1.807) is 6.08 Å². The van der Waals surface area contributed by atoms with Crippen LogP contribution >= 0.6 is 0 Å². The van der Waals surface area contributed by atoms with E-state index >= 15 is 0 Å². The maximum Gasteiger partial charge on any atom is 0.244 e. The number of ether oxygens (including phenoxy) is 1. The van der Waals surface area contributed by atoms with Gasteiger partial charge in [0.2, 0.25) is 15.9 Å². The minimum absolute atomic E-state index is 0.0508. The molecule has 0 radical (unpaired) electrons. The van der Waals surface area contributed by atoms with Crippen LogP contribution in [0.3, 0.4) is 0 Å². The van der Waals surface area contributed by atoms with Crippen molar-refractivity contribution in [2.24, 2.45) is 0 Å². The summed E-state index contributed by atoms with van der Waals surface area (Å²) in [5.74, 6) is 0.228. The second kappa shape index (κ2) is 9.80. The molecule has 0 aliphatic carbocycles. The predicted octanol–water partition coefficient (Wildman–Crippen LogP) is 3.39. The molecule has 0 saturated carbocycles. The highest BCUT2D eigenvalue weighted by Crippen LogP contribution is 2.29. The van der Waals surface area contributed by atoms with Crippen molar-refractivity contribution in [2.45, 2.75) is 32.8 Å². The Morgan fingerprint density at radius 1 is 1.20 bits per heavy atom. The average Bonchev–Trinajstić information content (AvgIpc) is 3.18. The van der Waals surface area contributed by atoms with Crippen molar-refractivity contribution in [2.75, 3.05) is 23.1 Å². The van der Waals surface area contributed by atoms with Crippen LogP contribution in [0.25, 0.3) is 6.08 Å². The van der Waals surface area contributed by atoms with Gasteiger partial charge in [-0.25, -0.2) is 8.42 Å². The van der Waals surface area contributed by atoms with Crippen LogP contribution in [0.4, 0.5) is 5.69 Å². The molecular weight excluding hydrogens is 400 g/mol. The molecule has 2 aromatic carbocycles. The highest BCUT2D eigenvalue weighted by atomic mass is 32.2. The monoisotopic (exact) mass is 428 g/mol. The van der Waals surface area contributed by atoms with Gasteiger partial charge in [-0.3, -0.25) is 9.10 Å². The number of benzene rings is 2. The molecule has 1 unspecified atom stereocenters. The largest absolute Gasteiger partial charge is 0.490 e. The first-order chi connectivity index (χ1) is 14.4. The average molecular weight is 429 g/mol. The molecule has 2 aromatic rings. The molecule has 30 heavy (non-hydrogen) atoms. The van der Waals surface area contributed by atoms with Crippen LogP contribution < -0.4 is 14.4 Å². The number of hydrogen-bond acceptors (Lipinski definition) is 4. The van der Waals surface area contributed by atoms with Crippen LogP contribution in [0.1, 0.15) is 31.4 Å². The number of fused-ring (bicyclic) bond motifs is 1.